The van der Waals surface area contributed by atoms with Crippen molar-refractivity contribution in [2.75, 3.05) is 5.75 Å². The molecule has 3 aromatic rings. The van der Waals surface area contributed by atoms with Crippen molar-refractivity contribution in [1.29, 1.82) is 0 Å². The molecule has 158 valence electrons. The quantitative estimate of drug-likeness (QED) is 0.325. The first-order valence-electron chi connectivity index (χ1n) is 9.06. The van der Waals surface area contributed by atoms with Gasteiger partial charge in [-0.2, -0.15) is 8.78 Å². The van der Waals surface area contributed by atoms with Gasteiger partial charge in [-0.1, -0.05) is 23.9 Å². The molecule has 1 aromatic heterocycles. The third-order valence-corrected chi connectivity index (χ3v) is 4.72. The fraction of sp³-hybridized carbons (Fsp3) is 0.286. The van der Waals surface area contributed by atoms with Crippen LogP contribution in [0.15, 0.2) is 58.5 Å². The number of carbonyl (C=O) groups is 1. The SMILES string of the molecule is CC(C)(C)OC(=O)CSc1nc2ccccc2c(=O)n1-c1ccc(OC(F)F)cc1. The Morgan fingerprint density at radius 1 is 1.13 bits per heavy atom. The molecule has 9 heteroatoms. The first kappa shape index (κ1) is 21.8. The number of ether oxygens (including phenoxy) is 2. The number of fused-ring (bicyclic) bond motifs is 1. The van der Waals surface area contributed by atoms with E-state index in [1.807, 2.05) is 0 Å². The summed E-state index contributed by atoms with van der Waals surface area (Å²) in [5.74, 6) is -0.519. The average Bonchev–Trinajstić information content (AvgIpc) is 2.66. The van der Waals surface area contributed by atoms with Crippen molar-refractivity contribution in [3.8, 4) is 11.4 Å². The van der Waals surface area contributed by atoms with Crippen LogP contribution >= 0.6 is 11.8 Å². The van der Waals surface area contributed by atoms with Gasteiger partial charge in [0.1, 0.15) is 11.4 Å². The molecule has 0 aliphatic heterocycles. The van der Waals surface area contributed by atoms with E-state index in [2.05, 4.69) is 9.72 Å². The number of nitrogens with zero attached hydrogens (tertiary/aromatic N) is 2. The van der Waals surface area contributed by atoms with Gasteiger partial charge in [0.2, 0.25) is 0 Å². The van der Waals surface area contributed by atoms with Crippen LogP contribution in [0.25, 0.3) is 16.6 Å². The van der Waals surface area contributed by atoms with Gasteiger partial charge in [0.15, 0.2) is 5.16 Å². The maximum absolute atomic E-state index is 13.1. The summed E-state index contributed by atoms with van der Waals surface area (Å²) in [5, 5.41) is 0.680. The summed E-state index contributed by atoms with van der Waals surface area (Å²) in [4.78, 5) is 29.8. The Hall–Kier alpha value is -2.94. The second kappa shape index (κ2) is 8.83. The number of aromatic nitrogens is 2. The molecule has 1 heterocycles. The number of carbonyl (C=O) groups excluding carboxylic acids is 1. The van der Waals surface area contributed by atoms with Crippen LogP contribution in [0.2, 0.25) is 0 Å². The Kier molecular flexibility index (Phi) is 6.40. The Balaban J connectivity index is 2.01. The number of thioether (sulfide) groups is 1. The number of alkyl halides is 2. The maximum atomic E-state index is 13.1. The molecule has 6 nitrogen and oxygen atoms in total. The molecule has 0 bridgehead atoms. The van der Waals surface area contributed by atoms with E-state index in [9.17, 15) is 18.4 Å². The Morgan fingerprint density at radius 3 is 2.43 bits per heavy atom. The molecule has 0 spiro atoms. The zero-order valence-electron chi connectivity index (χ0n) is 16.6. The first-order valence-corrected chi connectivity index (χ1v) is 10.0. The van der Waals surface area contributed by atoms with Crippen LogP contribution in [0.4, 0.5) is 8.78 Å². The van der Waals surface area contributed by atoms with Crippen molar-refractivity contribution in [2.45, 2.75) is 38.1 Å². The minimum absolute atomic E-state index is 0.0292. The van der Waals surface area contributed by atoms with Gasteiger partial charge >= 0.3 is 12.6 Å². The number of rotatable bonds is 6. The normalized spacial score (nSPS) is 11.7. The van der Waals surface area contributed by atoms with Crippen LogP contribution in [-0.4, -0.2) is 33.5 Å². The minimum Gasteiger partial charge on any atom is -0.459 e. The van der Waals surface area contributed by atoms with Crippen LogP contribution in [0.5, 0.6) is 5.75 Å². The van der Waals surface area contributed by atoms with Gasteiger partial charge in [0.25, 0.3) is 5.56 Å². The van der Waals surface area contributed by atoms with E-state index >= 15 is 0 Å². The van der Waals surface area contributed by atoms with Crippen LogP contribution in [0.3, 0.4) is 0 Å². The average molecular weight is 434 g/mol. The molecule has 2 aromatic carbocycles. The number of para-hydroxylation sites is 1. The second-order valence-corrected chi connectivity index (χ2v) is 8.24. The predicted octanol–water partition coefficient (Wildman–Crippen LogP) is 4.42. The number of esters is 1. The van der Waals surface area contributed by atoms with E-state index in [4.69, 9.17) is 4.74 Å². The Labute approximate surface area is 175 Å². The van der Waals surface area contributed by atoms with E-state index in [0.29, 0.717) is 16.6 Å². The highest BCUT2D eigenvalue weighted by Gasteiger charge is 2.19. The molecule has 0 aliphatic rings. The fourth-order valence-electron chi connectivity index (χ4n) is 2.71. The van der Waals surface area contributed by atoms with Gasteiger partial charge in [-0.15, -0.1) is 0 Å². The molecule has 0 N–H and O–H groups in total. The van der Waals surface area contributed by atoms with Crippen LogP contribution in [0, 0.1) is 0 Å². The molecule has 0 saturated carbocycles. The number of hydrogen-bond acceptors (Lipinski definition) is 6. The van der Waals surface area contributed by atoms with Crippen LogP contribution in [-0.2, 0) is 9.53 Å². The molecule has 0 radical (unpaired) electrons. The zero-order chi connectivity index (χ0) is 21.9. The molecule has 3 rings (SSSR count). The van der Waals surface area contributed by atoms with E-state index in [1.54, 1.807) is 45.0 Å². The van der Waals surface area contributed by atoms with Crippen molar-refractivity contribution in [3.63, 3.8) is 0 Å². The van der Waals surface area contributed by atoms with Crippen molar-refractivity contribution in [1.82, 2.24) is 9.55 Å². The van der Waals surface area contributed by atoms with Gasteiger partial charge in [-0.25, -0.2) is 4.98 Å². The highest BCUT2D eigenvalue weighted by atomic mass is 32.2. The van der Waals surface area contributed by atoms with E-state index < -0.39 is 18.2 Å². The predicted molar refractivity (Wildman–Crippen MR) is 111 cm³/mol. The van der Waals surface area contributed by atoms with Gasteiger partial charge in [0, 0.05) is 0 Å². The van der Waals surface area contributed by atoms with Gasteiger partial charge in [0.05, 0.1) is 22.3 Å². The Morgan fingerprint density at radius 2 is 1.80 bits per heavy atom. The topological polar surface area (TPSA) is 70.4 Å². The standard InChI is InChI=1S/C21H20F2N2O4S/c1-21(2,3)29-17(26)12-30-20-24-16-7-5-4-6-15(16)18(27)25(20)13-8-10-14(11-9-13)28-19(22)23/h4-11,19H,12H2,1-3H3. The number of hydrogen-bond donors (Lipinski definition) is 0. The minimum atomic E-state index is -2.94. The number of halogens is 2. The summed E-state index contributed by atoms with van der Waals surface area (Å²) in [7, 11) is 0. The van der Waals surface area contributed by atoms with Crippen molar-refractivity contribution in [2.24, 2.45) is 0 Å². The van der Waals surface area contributed by atoms with Gasteiger partial charge < -0.3 is 9.47 Å². The van der Waals surface area contributed by atoms with E-state index in [-0.39, 0.29) is 22.2 Å². The van der Waals surface area contributed by atoms with Gasteiger partial charge in [-0.3, -0.25) is 14.2 Å². The van der Waals surface area contributed by atoms with Crippen LogP contribution < -0.4 is 10.3 Å². The summed E-state index contributed by atoms with van der Waals surface area (Å²) in [6.45, 7) is 2.36. The molecule has 0 amide bonds. The Bertz CT molecular complexity index is 1110. The van der Waals surface area contributed by atoms with Crippen LogP contribution in [0.1, 0.15) is 20.8 Å². The van der Waals surface area contributed by atoms with Crippen molar-refractivity contribution >= 4 is 28.6 Å². The van der Waals surface area contributed by atoms with Gasteiger partial charge in [-0.05, 0) is 57.2 Å². The highest BCUT2D eigenvalue weighted by Crippen LogP contribution is 2.24. The lowest BCUT2D eigenvalue weighted by Crippen LogP contribution is -2.26. The molecule has 0 aliphatic carbocycles. The zero-order valence-corrected chi connectivity index (χ0v) is 17.4. The molecule has 0 fully saturated rings. The lowest BCUT2D eigenvalue weighted by molar-refractivity contribution is -0.151. The molecular formula is C21H20F2N2O4S. The molecule has 0 unspecified atom stereocenters. The van der Waals surface area contributed by atoms with E-state index in [0.717, 1.165) is 11.8 Å². The third kappa shape index (κ3) is 5.35. The summed E-state index contributed by atoms with van der Waals surface area (Å²) in [6.07, 6.45) is 0. The smallest absolute Gasteiger partial charge is 0.387 e. The van der Waals surface area contributed by atoms with Crippen molar-refractivity contribution in [3.05, 3.63) is 58.9 Å². The third-order valence-electron chi connectivity index (χ3n) is 3.80. The molecule has 30 heavy (non-hydrogen) atoms. The fourth-order valence-corrected chi connectivity index (χ4v) is 3.49. The van der Waals surface area contributed by atoms with E-state index in [1.165, 1.54) is 28.8 Å². The highest BCUT2D eigenvalue weighted by molar-refractivity contribution is 7.99. The van der Waals surface area contributed by atoms with Crippen molar-refractivity contribution < 1.29 is 23.0 Å². The number of benzene rings is 2. The molecule has 0 atom stereocenters. The molecule has 0 saturated heterocycles. The summed E-state index contributed by atoms with van der Waals surface area (Å²) in [5.41, 5.74) is -0.0706. The first-order chi connectivity index (χ1) is 14.1. The summed E-state index contributed by atoms with van der Waals surface area (Å²) in [6, 6.07) is 12.5. The lowest BCUT2D eigenvalue weighted by atomic mass is 10.2. The largest absolute Gasteiger partial charge is 0.459 e. The monoisotopic (exact) mass is 434 g/mol. The maximum Gasteiger partial charge on any atom is 0.387 e. The second-order valence-electron chi connectivity index (χ2n) is 7.30. The lowest BCUT2D eigenvalue weighted by Gasteiger charge is -2.19. The summed E-state index contributed by atoms with van der Waals surface area (Å²) < 4.78 is 35.8. The summed E-state index contributed by atoms with van der Waals surface area (Å²) >= 11 is 1.06. The molecular weight excluding hydrogens is 414 g/mol.